The van der Waals surface area contributed by atoms with Gasteiger partial charge in [0.15, 0.2) is 0 Å². The average molecular weight is 330 g/mol. The topological polar surface area (TPSA) is 76.7 Å². The molecule has 23 heavy (non-hydrogen) atoms. The minimum Gasteiger partial charge on any atom is -0.508 e. The zero-order valence-corrected chi connectivity index (χ0v) is 13.2. The second kappa shape index (κ2) is 6.26. The third-order valence-electron chi connectivity index (χ3n) is 3.49. The van der Waals surface area contributed by atoms with Crippen LogP contribution < -0.4 is 5.63 Å². The number of thiophene rings is 1. The summed E-state index contributed by atoms with van der Waals surface area (Å²) in [4.78, 5) is 24.1. The molecule has 0 unspecified atom stereocenters. The van der Waals surface area contributed by atoms with Gasteiger partial charge in [0.25, 0.3) is 0 Å². The van der Waals surface area contributed by atoms with Crippen molar-refractivity contribution in [3.05, 3.63) is 62.1 Å². The third kappa shape index (κ3) is 3.12. The van der Waals surface area contributed by atoms with Crippen LogP contribution in [0.25, 0.3) is 11.0 Å². The Morgan fingerprint density at radius 1 is 1.30 bits per heavy atom. The summed E-state index contributed by atoms with van der Waals surface area (Å²) in [5.41, 5.74) is 1.01. The number of fused-ring (bicyclic) bond motifs is 1. The highest BCUT2D eigenvalue weighted by molar-refractivity contribution is 7.11. The number of benzene rings is 1. The fourth-order valence-corrected chi connectivity index (χ4v) is 2.93. The molecule has 1 N–H and O–H groups in total. The van der Waals surface area contributed by atoms with Gasteiger partial charge < -0.3 is 14.3 Å². The van der Waals surface area contributed by atoms with E-state index in [4.69, 9.17) is 9.15 Å². The largest absolute Gasteiger partial charge is 0.508 e. The monoisotopic (exact) mass is 330 g/mol. The van der Waals surface area contributed by atoms with Crippen LogP contribution in [0.1, 0.15) is 27.7 Å². The molecule has 0 bridgehead atoms. The van der Waals surface area contributed by atoms with Crippen molar-refractivity contribution in [2.24, 2.45) is 0 Å². The zero-order chi connectivity index (χ0) is 16.4. The maximum atomic E-state index is 11.9. The predicted octanol–water partition coefficient (Wildman–Crippen LogP) is 3.48. The van der Waals surface area contributed by atoms with E-state index < -0.39 is 11.6 Å². The number of aryl methyl sites for hydroxylation is 1. The van der Waals surface area contributed by atoms with Crippen LogP contribution in [-0.4, -0.2) is 11.1 Å². The van der Waals surface area contributed by atoms with Gasteiger partial charge >= 0.3 is 11.6 Å². The lowest BCUT2D eigenvalue weighted by molar-refractivity contribution is 0.0479. The number of hydrogen-bond donors (Lipinski definition) is 1. The first-order valence-corrected chi connectivity index (χ1v) is 7.95. The van der Waals surface area contributed by atoms with Crippen LogP contribution in [0.2, 0.25) is 0 Å². The highest BCUT2D eigenvalue weighted by atomic mass is 32.1. The molecule has 3 rings (SSSR count). The van der Waals surface area contributed by atoms with Crippen molar-refractivity contribution in [2.45, 2.75) is 20.0 Å². The van der Waals surface area contributed by atoms with Crippen LogP contribution in [0.4, 0.5) is 0 Å². The number of rotatable bonds is 4. The maximum absolute atomic E-state index is 11.9. The van der Waals surface area contributed by atoms with Crippen molar-refractivity contribution in [3.63, 3.8) is 0 Å². The molecular weight excluding hydrogens is 316 g/mol. The maximum Gasteiger partial charge on any atom is 0.348 e. The standard InChI is InChI=1S/C17H14O5S/c1-2-10-6-12-11(7-16(19)22-14(12)8-13(10)18)9-21-17(20)15-4-3-5-23-15/h3-8,18H,2,9H2,1H3. The molecule has 0 saturated carbocycles. The van der Waals surface area contributed by atoms with Gasteiger partial charge in [-0.3, -0.25) is 0 Å². The molecule has 1 aromatic carbocycles. The summed E-state index contributed by atoms with van der Waals surface area (Å²) in [6.07, 6.45) is 0.634. The van der Waals surface area contributed by atoms with Gasteiger partial charge in [0.1, 0.15) is 22.8 Å². The smallest absolute Gasteiger partial charge is 0.348 e. The van der Waals surface area contributed by atoms with Crippen LogP contribution in [0.15, 0.2) is 44.9 Å². The third-order valence-corrected chi connectivity index (χ3v) is 4.34. The fourth-order valence-electron chi connectivity index (χ4n) is 2.32. The Bertz CT molecular complexity index is 909. The van der Waals surface area contributed by atoms with Gasteiger partial charge in [-0.05, 0) is 29.5 Å². The molecule has 0 radical (unpaired) electrons. The molecular formula is C17H14O5S. The van der Waals surface area contributed by atoms with Gasteiger partial charge in [0.2, 0.25) is 0 Å². The van der Waals surface area contributed by atoms with Crippen molar-refractivity contribution in [1.29, 1.82) is 0 Å². The van der Waals surface area contributed by atoms with Crippen molar-refractivity contribution in [1.82, 2.24) is 0 Å². The van der Waals surface area contributed by atoms with E-state index in [1.54, 1.807) is 23.6 Å². The normalized spacial score (nSPS) is 10.8. The summed E-state index contributed by atoms with van der Waals surface area (Å²) >= 11 is 1.29. The molecule has 3 aromatic rings. The molecule has 0 atom stereocenters. The molecule has 118 valence electrons. The Kier molecular flexibility index (Phi) is 4.16. The first kappa shape index (κ1) is 15.3. The van der Waals surface area contributed by atoms with E-state index in [1.807, 2.05) is 6.92 Å². The quantitative estimate of drug-likeness (QED) is 0.585. The highest BCUT2D eigenvalue weighted by Crippen LogP contribution is 2.27. The van der Waals surface area contributed by atoms with E-state index in [2.05, 4.69) is 0 Å². The van der Waals surface area contributed by atoms with Gasteiger partial charge in [-0.2, -0.15) is 0 Å². The molecule has 0 spiro atoms. The lowest BCUT2D eigenvalue weighted by Crippen LogP contribution is -2.07. The Morgan fingerprint density at radius 3 is 2.83 bits per heavy atom. The number of hydrogen-bond acceptors (Lipinski definition) is 6. The number of aromatic hydroxyl groups is 1. The molecule has 0 aliphatic rings. The minimum atomic E-state index is -0.552. The number of carbonyl (C=O) groups excluding carboxylic acids is 1. The summed E-state index contributed by atoms with van der Waals surface area (Å²) in [6.45, 7) is 1.88. The molecule has 2 aromatic heterocycles. The number of ether oxygens (including phenoxy) is 1. The Labute approximate surface area is 135 Å². The van der Waals surface area contributed by atoms with Gasteiger partial charge in [0, 0.05) is 23.1 Å². The molecule has 0 saturated heterocycles. The summed E-state index contributed by atoms with van der Waals surface area (Å²) in [7, 11) is 0. The first-order valence-electron chi connectivity index (χ1n) is 7.07. The Balaban J connectivity index is 1.96. The van der Waals surface area contributed by atoms with Crippen molar-refractivity contribution in [3.8, 4) is 5.75 Å². The summed E-state index contributed by atoms with van der Waals surface area (Å²) in [6, 6.07) is 7.92. The van der Waals surface area contributed by atoms with Gasteiger partial charge in [-0.1, -0.05) is 13.0 Å². The number of esters is 1. The van der Waals surface area contributed by atoms with Crippen LogP contribution in [-0.2, 0) is 17.8 Å². The van der Waals surface area contributed by atoms with Gasteiger partial charge in [-0.15, -0.1) is 11.3 Å². The molecule has 5 nitrogen and oxygen atoms in total. The van der Waals surface area contributed by atoms with Crippen molar-refractivity contribution in [2.75, 3.05) is 0 Å². The van der Waals surface area contributed by atoms with Crippen LogP contribution in [0, 0.1) is 0 Å². The second-order valence-electron chi connectivity index (χ2n) is 4.97. The molecule has 0 aliphatic heterocycles. The molecule has 0 aliphatic carbocycles. The van der Waals surface area contributed by atoms with Crippen LogP contribution in [0.3, 0.4) is 0 Å². The van der Waals surface area contributed by atoms with Crippen LogP contribution in [0.5, 0.6) is 5.75 Å². The molecule has 0 amide bonds. The lowest BCUT2D eigenvalue weighted by Gasteiger charge is -2.09. The van der Waals surface area contributed by atoms with E-state index in [9.17, 15) is 14.7 Å². The number of phenolic OH excluding ortho intramolecular Hbond substituents is 1. The van der Waals surface area contributed by atoms with Gasteiger partial charge in [-0.25, -0.2) is 9.59 Å². The minimum absolute atomic E-state index is 0.0350. The van der Waals surface area contributed by atoms with Crippen molar-refractivity contribution >= 4 is 28.3 Å². The van der Waals surface area contributed by atoms with E-state index in [0.717, 1.165) is 5.56 Å². The summed E-state index contributed by atoms with van der Waals surface area (Å²) in [5, 5.41) is 12.3. The molecule has 0 fully saturated rings. The highest BCUT2D eigenvalue weighted by Gasteiger charge is 2.13. The van der Waals surface area contributed by atoms with Gasteiger partial charge in [0.05, 0.1) is 0 Å². The lowest BCUT2D eigenvalue weighted by atomic mass is 10.0. The van der Waals surface area contributed by atoms with Crippen molar-refractivity contribution < 1.29 is 19.1 Å². The zero-order valence-electron chi connectivity index (χ0n) is 12.4. The molecule has 2 heterocycles. The summed E-state index contributed by atoms with van der Waals surface area (Å²) in [5.74, 6) is -0.355. The van der Waals surface area contributed by atoms with E-state index in [1.165, 1.54) is 23.5 Å². The Hall–Kier alpha value is -2.60. The molecule has 6 heteroatoms. The number of phenols is 1. The SMILES string of the molecule is CCc1cc2c(COC(=O)c3cccs3)cc(=O)oc2cc1O. The predicted molar refractivity (Wildman–Crippen MR) is 87.0 cm³/mol. The Morgan fingerprint density at radius 2 is 2.13 bits per heavy atom. The average Bonchev–Trinajstić information content (AvgIpc) is 3.06. The van der Waals surface area contributed by atoms with E-state index >= 15 is 0 Å². The van der Waals surface area contributed by atoms with Crippen LogP contribution >= 0.6 is 11.3 Å². The van der Waals surface area contributed by atoms with E-state index in [0.29, 0.717) is 22.2 Å². The fraction of sp³-hybridized carbons (Fsp3) is 0.176. The first-order chi connectivity index (χ1) is 11.1. The number of carbonyl (C=O) groups is 1. The van der Waals surface area contributed by atoms with E-state index in [-0.39, 0.29) is 17.9 Å². The summed E-state index contributed by atoms with van der Waals surface area (Å²) < 4.78 is 10.4. The second-order valence-corrected chi connectivity index (χ2v) is 5.92.